The average Bonchev–Trinajstić information content (AvgIpc) is 3.16. The van der Waals surface area contributed by atoms with Crippen LogP contribution in [0.15, 0.2) is 57.4 Å². The van der Waals surface area contributed by atoms with Gasteiger partial charge in [0.25, 0.3) is 5.91 Å². The number of ether oxygens (including phenoxy) is 1. The van der Waals surface area contributed by atoms with Crippen molar-refractivity contribution in [2.24, 2.45) is 9.39 Å². The van der Waals surface area contributed by atoms with E-state index in [1.807, 2.05) is 0 Å². The predicted octanol–water partition coefficient (Wildman–Crippen LogP) is 3.83. The molecule has 0 atom stereocenters. The number of esters is 1. The Kier molecular flexibility index (Phi) is 6.14. The van der Waals surface area contributed by atoms with Crippen LogP contribution in [0.25, 0.3) is 6.08 Å². The van der Waals surface area contributed by atoms with Crippen LogP contribution in [0, 0.1) is 5.41 Å². The molecule has 0 bridgehead atoms. The van der Waals surface area contributed by atoms with E-state index in [9.17, 15) is 18.0 Å². The zero-order chi connectivity index (χ0) is 23.9. The average molecular weight is 523 g/mol. The summed E-state index contributed by atoms with van der Waals surface area (Å²) < 4.78 is 33.0. The molecule has 2 aliphatic rings. The van der Waals surface area contributed by atoms with Gasteiger partial charge in [-0.1, -0.05) is 35.3 Å². The van der Waals surface area contributed by atoms with E-state index in [0.29, 0.717) is 22.5 Å². The van der Waals surface area contributed by atoms with Crippen molar-refractivity contribution >= 4 is 79.1 Å². The SMILES string of the molecule is CS(=O)(=O)C1=NSC2=NC(=O)/C(=C\c3ccc(OC(=O)c4ccc(Cl)cc4Cl)cc3)C(=N)N21. The van der Waals surface area contributed by atoms with Crippen LogP contribution in [-0.2, 0) is 14.6 Å². The van der Waals surface area contributed by atoms with E-state index in [1.54, 1.807) is 12.1 Å². The van der Waals surface area contributed by atoms with Gasteiger partial charge in [0.05, 0.1) is 28.1 Å². The number of amidine groups is 3. The van der Waals surface area contributed by atoms with Gasteiger partial charge in [0.2, 0.25) is 20.2 Å². The van der Waals surface area contributed by atoms with Gasteiger partial charge in [0, 0.05) is 11.3 Å². The lowest BCUT2D eigenvalue weighted by Gasteiger charge is -2.23. The van der Waals surface area contributed by atoms with Crippen LogP contribution in [0.1, 0.15) is 15.9 Å². The number of nitrogens with zero attached hydrogens (tertiary/aromatic N) is 3. The topological polar surface area (TPSA) is 129 Å². The third kappa shape index (κ3) is 4.71. The third-order valence-electron chi connectivity index (χ3n) is 4.38. The molecule has 0 saturated heterocycles. The Hall–Kier alpha value is -2.99. The van der Waals surface area contributed by atoms with Crippen LogP contribution >= 0.6 is 35.1 Å². The lowest BCUT2D eigenvalue weighted by Crippen LogP contribution is -2.45. The summed E-state index contributed by atoms with van der Waals surface area (Å²) in [4.78, 5) is 29.6. The van der Waals surface area contributed by atoms with Gasteiger partial charge in [-0.2, -0.15) is 9.39 Å². The first kappa shape index (κ1) is 23.2. The van der Waals surface area contributed by atoms with Crippen molar-refractivity contribution in [3.8, 4) is 5.75 Å². The van der Waals surface area contributed by atoms with Crippen molar-refractivity contribution < 1.29 is 22.7 Å². The van der Waals surface area contributed by atoms with Crippen molar-refractivity contribution in [1.29, 1.82) is 5.41 Å². The maximum absolute atomic E-state index is 12.4. The van der Waals surface area contributed by atoms with Crippen molar-refractivity contribution in [3.05, 3.63) is 69.2 Å². The van der Waals surface area contributed by atoms with Crippen molar-refractivity contribution in [3.63, 3.8) is 0 Å². The number of aliphatic imine (C=N–C) groups is 1. The third-order valence-corrected chi connectivity index (χ3v) is 6.68. The molecule has 0 aromatic heterocycles. The summed E-state index contributed by atoms with van der Waals surface area (Å²) in [5.41, 5.74) is 0.528. The first-order chi connectivity index (χ1) is 15.5. The van der Waals surface area contributed by atoms with E-state index < -0.39 is 21.7 Å². The van der Waals surface area contributed by atoms with E-state index >= 15 is 0 Å². The number of rotatable bonds is 3. The summed E-state index contributed by atoms with van der Waals surface area (Å²) in [7, 11) is -3.74. The monoisotopic (exact) mass is 522 g/mol. The van der Waals surface area contributed by atoms with Gasteiger partial charge in [-0.05, 0) is 42.0 Å². The maximum Gasteiger partial charge on any atom is 0.345 e. The van der Waals surface area contributed by atoms with Gasteiger partial charge >= 0.3 is 5.97 Å². The molecule has 2 aromatic carbocycles. The number of sulfone groups is 1. The van der Waals surface area contributed by atoms with Gasteiger partial charge in [0.15, 0.2) is 0 Å². The van der Waals surface area contributed by atoms with Crippen LogP contribution in [0.5, 0.6) is 5.75 Å². The summed E-state index contributed by atoms with van der Waals surface area (Å²) in [5.74, 6) is -1.50. The molecule has 2 heterocycles. The van der Waals surface area contributed by atoms with Crippen molar-refractivity contribution in [2.45, 2.75) is 0 Å². The highest BCUT2D eigenvalue weighted by Gasteiger charge is 2.41. The number of carbonyl (C=O) groups excluding carboxylic acids is 2. The fourth-order valence-electron chi connectivity index (χ4n) is 2.85. The Balaban J connectivity index is 1.55. The number of hydrogen-bond donors (Lipinski definition) is 1. The van der Waals surface area contributed by atoms with Crippen LogP contribution in [0.2, 0.25) is 10.0 Å². The second-order valence-corrected chi connectivity index (χ2v) is 10.2. The maximum atomic E-state index is 12.4. The molecule has 0 spiro atoms. The Labute approximate surface area is 202 Å². The van der Waals surface area contributed by atoms with Crippen LogP contribution in [0.3, 0.4) is 0 Å². The molecular formula is C20H12Cl2N4O5S2. The minimum Gasteiger partial charge on any atom is -0.423 e. The molecule has 2 aromatic rings. The predicted molar refractivity (Wildman–Crippen MR) is 128 cm³/mol. The van der Waals surface area contributed by atoms with Crippen LogP contribution in [0.4, 0.5) is 0 Å². The smallest absolute Gasteiger partial charge is 0.345 e. The summed E-state index contributed by atoms with van der Waals surface area (Å²) >= 11 is 12.6. The fourth-order valence-corrected chi connectivity index (χ4v) is 5.18. The summed E-state index contributed by atoms with van der Waals surface area (Å²) in [5, 5.41) is 8.51. The Morgan fingerprint density at radius 2 is 1.88 bits per heavy atom. The standard InChI is InChI=1S/C20H12Cl2N4O5S2/c1-33(29,30)20-25-32-19-24-17(27)14(16(23)26(19)20)8-10-2-5-12(6-3-10)31-18(28)13-7-4-11(21)9-15(13)22/h2-9,23H,1H3/b14-8-,23-16?. The number of benzene rings is 2. The van der Waals surface area contributed by atoms with E-state index in [4.69, 9.17) is 33.3 Å². The molecule has 9 nitrogen and oxygen atoms in total. The molecule has 33 heavy (non-hydrogen) atoms. The number of carbonyl (C=O) groups is 2. The molecule has 0 unspecified atom stereocenters. The van der Waals surface area contributed by atoms with E-state index in [-0.39, 0.29) is 38.1 Å². The molecular weight excluding hydrogens is 511 g/mol. The first-order valence-corrected chi connectivity index (χ1v) is 12.4. The summed E-state index contributed by atoms with van der Waals surface area (Å²) in [6.07, 6.45) is 2.34. The Morgan fingerprint density at radius 1 is 1.18 bits per heavy atom. The number of fused-ring (bicyclic) bond motifs is 1. The highest BCUT2D eigenvalue weighted by Crippen LogP contribution is 2.30. The molecule has 13 heteroatoms. The molecule has 1 amide bonds. The summed E-state index contributed by atoms with van der Waals surface area (Å²) in [6.45, 7) is 0. The number of hydrogen-bond acceptors (Lipinski definition) is 8. The normalized spacial score (nSPS) is 17.1. The molecule has 4 rings (SSSR count). The van der Waals surface area contributed by atoms with Crippen molar-refractivity contribution in [1.82, 2.24) is 4.90 Å². The first-order valence-electron chi connectivity index (χ1n) is 9.01. The molecule has 0 aliphatic carbocycles. The van der Waals surface area contributed by atoms with E-state index in [2.05, 4.69) is 9.39 Å². The minimum absolute atomic E-state index is 0.00527. The highest BCUT2D eigenvalue weighted by atomic mass is 35.5. The Bertz CT molecular complexity index is 1420. The van der Waals surface area contributed by atoms with E-state index in [1.165, 1.54) is 36.4 Å². The molecule has 0 radical (unpaired) electrons. The van der Waals surface area contributed by atoms with Crippen LogP contribution < -0.4 is 4.74 Å². The van der Waals surface area contributed by atoms with Gasteiger partial charge in [-0.3, -0.25) is 10.2 Å². The van der Waals surface area contributed by atoms with Crippen molar-refractivity contribution in [2.75, 3.05) is 6.26 Å². The summed E-state index contributed by atoms with van der Waals surface area (Å²) in [6, 6.07) is 10.5. The zero-order valence-corrected chi connectivity index (χ0v) is 19.7. The second kappa shape index (κ2) is 8.75. The van der Waals surface area contributed by atoms with Gasteiger partial charge < -0.3 is 4.74 Å². The molecule has 1 N–H and O–H groups in total. The number of amides is 1. The van der Waals surface area contributed by atoms with Gasteiger partial charge in [-0.15, -0.1) is 0 Å². The van der Waals surface area contributed by atoms with Crippen LogP contribution in [-0.4, -0.2) is 47.6 Å². The molecule has 168 valence electrons. The van der Waals surface area contributed by atoms with E-state index in [0.717, 1.165) is 11.2 Å². The lowest BCUT2D eigenvalue weighted by molar-refractivity contribution is -0.114. The lowest BCUT2D eigenvalue weighted by atomic mass is 10.1. The number of nitrogens with one attached hydrogen (secondary N) is 1. The molecule has 2 aliphatic heterocycles. The quantitative estimate of drug-likeness (QED) is 0.280. The molecule has 0 saturated carbocycles. The second-order valence-electron chi connectivity index (χ2n) is 6.76. The highest BCUT2D eigenvalue weighted by molar-refractivity contribution is 8.16. The fraction of sp³-hybridized carbons (Fsp3) is 0.0500. The minimum atomic E-state index is -3.74. The van der Waals surface area contributed by atoms with Gasteiger partial charge in [-0.25, -0.2) is 18.1 Å². The largest absolute Gasteiger partial charge is 0.423 e. The Morgan fingerprint density at radius 3 is 2.52 bits per heavy atom. The number of halogens is 2. The van der Waals surface area contributed by atoms with Gasteiger partial charge in [0.1, 0.15) is 11.6 Å². The zero-order valence-electron chi connectivity index (χ0n) is 16.6. The molecule has 0 fully saturated rings.